The van der Waals surface area contributed by atoms with E-state index in [0.29, 0.717) is 24.8 Å². The van der Waals surface area contributed by atoms with Gasteiger partial charge in [-0.15, -0.1) is 0 Å². The Hall–Kier alpha value is -2.90. The van der Waals surface area contributed by atoms with Crippen molar-refractivity contribution in [1.82, 2.24) is 20.6 Å². The van der Waals surface area contributed by atoms with Crippen molar-refractivity contribution in [3.8, 4) is 5.88 Å². The van der Waals surface area contributed by atoms with E-state index in [-0.39, 0.29) is 11.9 Å². The van der Waals surface area contributed by atoms with Crippen molar-refractivity contribution in [1.29, 1.82) is 0 Å². The number of pyridine rings is 2. The second-order valence-corrected chi connectivity index (χ2v) is 6.29. The van der Waals surface area contributed by atoms with E-state index < -0.39 is 0 Å². The third-order valence-corrected chi connectivity index (χ3v) is 4.34. The van der Waals surface area contributed by atoms with Gasteiger partial charge in [-0.1, -0.05) is 6.07 Å². The molecule has 2 aromatic heterocycles. The molecule has 1 aliphatic heterocycles. The van der Waals surface area contributed by atoms with E-state index >= 15 is 0 Å². The molecule has 2 N–H and O–H groups in total. The zero-order valence-corrected chi connectivity index (χ0v) is 15.7. The fourth-order valence-corrected chi connectivity index (χ4v) is 2.99. The molecular formula is C19H25FN6O. The average molecular weight is 372 g/mol. The molecule has 1 unspecified atom stereocenters. The lowest BCUT2D eigenvalue weighted by atomic mass is 10.2. The molecule has 0 radical (unpaired) electrons. The van der Waals surface area contributed by atoms with Crippen molar-refractivity contribution >= 4 is 11.8 Å². The Balaban J connectivity index is 1.60. The van der Waals surface area contributed by atoms with Crippen LogP contribution in [0.5, 0.6) is 5.88 Å². The standard InChI is InChI=1S/C19H25FN6O/c1-3-21-19(24-12-14-6-7-17(27-2)23-11-14)25-15-8-10-26(13-15)18-16(20)5-4-9-22-18/h4-7,9,11,15H,3,8,10,12-13H2,1-2H3,(H2,21,24,25). The van der Waals surface area contributed by atoms with Gasteiger partial charge in [-0.25, -0.2) is 19.4 Å². The summed E-state index contributed by atoms with van der Waals surface area (Å²) in [6.07, 6.45) is 4.27. The number of halogens is 1. The Morgan fingerprint density at radius 1 is 1.37 bits per heavy atom. The van der Waals surface area contributed by atoms with Gasteiger partial charge in [-0.3, -0.25) is 0 Å². The molecular weight excluding hydrogens is 347 g/mol. The molecule has 3 rings (SSSR count). The van der Waals surface area contributed by atoms with Crippen LogP contribution in [0.2, 0.25) is 0 Å². The van der Waals surface area contributed by atoms with Crippen LogP contribution in [0, 0.1) is 5.82 Å². The van der Waals surface area contributed by atoms with Crippen molar-refractivity contribution in [2.45, 2.75) is 25.9 Å². The van der Waals surface area contributed by atoms with Crippen molar-refractivity contribution in [3.05, 3.63) is 48.0 Å². The average Bonchev–Trinajstić information content (AvgIpc) is 3.15. The van der Waals surface area contributed by atoms with Crippen LogP contribution in [0.3, 0.4) is 0 Å². The normalized spacial score (nSPS) is 17.1. The molecule has 144 valence electrons. The first kappa shape index (κ1) is 18.9. The third-order valence-electron chi connectivity index (χ3n) is 4.34. The molecule has 0 bridgehead atoms. The van der Waals surface area contributed by atoms with Crippen LogP contribution < -0.4 is 20.3 Å². The lowest BCUT2D eigenvalue weighted by Gasteiger charge is -2.20. The molecule has 3 heterocycles. The second-order valence-electron chi connectivity index (χ2n) is 6.29. The van der Waals surface area contributed by atoms with Gasteiger partial charge in [0.05, 0.1) is 13.7 Å². The van der Waals surface area contributed by atoms with E-state index in [4.69, 9.17) is 4.74 Å². The molecule has 1 aliphatic rings. The number of aliphatic imine (C=N–C) groups is 1. The highest BCUT2D eigenvalue weighted by Crippen LogP contribution is 2.20. The van der Waals surface area contributed by atoms with Crippen molar-refractivity contribution in [2.75, 3.05) is 31.6 Å². The minimum absolute atomic E-state index is 0.179. The summed E-state index contributed by atoms with van der Waals surface area (Å²) in [5, 5.41) is 6.68. The number of hydrogen-bond donors (Lipinski definition) is 2. The molecule has 0 aliphatic carbocycles. The Morgan fingerprint density at radius 2 is 2.26 bits per heavy atom. The summed E-state index contributed by atoms with van der Waals surface area (Å²) in [5.74, 6) is 1.45. The number of ether oxygens (including phenoxy) is 1. The molecule has 1 fully saturated rings. The van der Waals surface area contributed by atoms with Crippen LogP contribution in [0.25, 0.3) is 0 Å². The molecule has 0 amide bonds. The quantitative estimate of drug-likeness (QED) is 0.596. The number of aromatic nitrogens is 2. The van der Waals surface area contributed by atoms with Crippen LogP contribution in [0.1, 0.15) is 18.9 Å². The summed E-state index contributed by atoms with van der Waals surface area (Å²) in [7, 11) is 1.59. The highest BCUT2D eigenvalue weighted by atomic mass is 19.1. The van der Waals surface area contributed by atoms with E-state index in [9.17, 15) is 4.39 Å². The number of anilines is 1. The van der Waals surface area contributed by atoms with Crippen LogP contribution in [0.4, 0.5) is 10.2 Å². The monoisotopic (exact) mass is 372 g/mol. The van der Waals surface area contributed by atoms with Gasteiger partial charge in [-0.05, 0) is 31.0 Å². The van der Waals surface area contributed by atoms with E-state index in [0.717, 1.165) is 31.0 Å². The molecule has 0 aromatic carbocycles. The number of rotatable bonds is 6. The van der Waals surface area contributed by atoms with E-state index in [2.05, 4.69) is 25.6 Å². The molecule has 0 saturated carbocycles. The van der Waals surface area contributed by atoms with Crippen LogP contribution in [-0.2, 0) is 6.54 Å². The first-order chi connectivity index (χ1) is 13.2. The molecule has 8 heteroatoms. The number of methoxy groups -OCH3 is 1. The van der Waals surface area contributed by atoms with E-state index in [1.165, 1.54) is 6.07 Å². The van der Waals surface area contributed by atoms with Crippen LogP contribution in [-0.4, -0.2) is 48.7 Å². The number of hydrogen-bond acceptors (Lipinski definition) is 5. The van der Waals surface area contributed by atoms with Gasteiger partial charge in [0.15, 0.2) is 17.6 Å². The summed E-state index contributed by atoms with van der Waals surface area (Å²) < 4.78 is 19.0. The van der Waals surface area contributed by atoms with Crippen LogP contribution >= 0.6 is 0 Å². The van der Waals surface area contributed by atoms with Crippen molar-refractivity contribution in [2.24, 2.45) is 4.99 Å². The highest BCUT2D eigenvalue weighted by molar-refractivity contribution is 5.80. The maximum atomic E-state index is 13.9. The summed E-state index contributed by atoms with van der Waals surface area (Å²) >= 11 is 0. The van der Waals surface area contributed by atoms with Gasteiger partial charge in [0.2, 0.25) is 5.88 Å². The molecule has 27 heavy (non-hydrogen) atoms. The minimum Gasteiger partial charge on any atom is -0.481 e. The van der Waals surface area contributed by atoms with Gasteiger partial charge < -0.3 is 20.3 Å². The van der Waals surface area contributed by atoms with Gasteiger partial charge in [-0.2, -0.15) is 0 Å². The highest BCUT2D eigenvalue weighted by Gasteiger charge is 2.25. The number of guanidine groups is 1. The Kier molecular flexibility index (Phi) is 6.40. The SMILES string of the molecule is CCNC(=NCc1ccc(OC)nc1)NC1CCN(c2ncccc2F)C1. The fourth-order valence-electron chi connectivity index (χ4n) is 2.99. The molecule has 1 atom stereocenters. The first-order valence-electron chi connectivity index (χ1n) is 9.08. The topological polar surface area (TPSA) is 74.7 Å². The summed E-state index contributed by atoms with van der Waals surface area (Å²) in [5.41, 5.74) is 0.997. The maximum Gasteiger partial charge on any atom is 0.212 e. The molecule has 2 aromatic rings. The number of nitrogens with one attached hydrogen (secondary N) is 2. The molecule has 1 saturated heterocycles. The van der Waals surface area contributed by atoms with E-state index in [1.54, 1.807) is 25.6 Å². The summed E-state index contributed by atoms with van der Waals surface area (Å²) in [6, 6.07) is 6.99. The van der Waals surface area contributed by atoms with E-state index in [1.807, 2.05) is 24.0 Å². The lowest BCUT2D eigenvalue weighted by Crippen LogP contribution is -2.44. The molecule has 7 nitrogen and oxygen atoms in total. The number of nitrogens with zero attached hydrogens (tertiary/aromatic N) is 4. The Bertz CT molecular complexity index is 767. The van der Waals surface area contributed by atoms with Gasteiger partial charge in [0.1, 0.15) is 0 Å². The lowest BCUT2D eigenvalue weighted by molar-refractivity contribution is 0.397. The molecule has 0 spiro atoms. The predicted octanol–water partition coefficient (Wildman–Crippen LogP) is 1.96. The Morgan fingerprint density at radius 3 is 2.96 bits per heavy atom. The van der Waals surface area contributed by atoms with Gasteiger partial charge in [0, 0.05) is 44.1 Å². The Labute approximate surface area is 158 Å². The zero-order chi connectivity index (χ0) is 19.1. The maximum absolute atomic E-state index is 13.9. The predicted molar refractivity (Wildman–Crippen MR) is 104 cm³/mol. The fraction of sp³-hybridized carbons (Fsp3) is 0.421. The summed E-state index contributed by atoms with van der Waals surface area (Å²) in [4.78, 5) is 14.9. The van der Waals surface area contributed by atoms with Crippen molar-refractivity contribution in [3.63, 3.8) is 0 Å². The van der Waals surface area contributed by atoms with Gasteiger partial charge in [0.25, 0.3) is 0 Å². The van der Waals surface area contributed by atoms with Crippen LogP contribution in [0.15, 0.2) is 41.7 Å². The van der Waals surface area contributed by atoms with Crippen molar-refractivity contribution < 1.29 is 9.13 Å². The second kappa shape index (κ2) is 9.16. The van der Waals surface area contributed by atoms with Gasteiger partial charge >= 0.3 is 0 Å². The summed E-state index contributed by atoms with van der Waals surface area (Å²) in [6.45, 7) is 4.74. The zero-order valence-electron chi connectivity index (χ0n) is 15.7. The largest absolute Gasteiger partial charge is 0.481 e. The smallest absolute Gasteiger partial charge is 0.212 e. The third kappa shape index (κ3) is 5.06. The first-order valence-corrected chi connectivity index (χ1v) is 9.08. The minimum atomic E-state index is -0.286.